The number of carbonyl (C=O) groups is 1. The third-order valence-corrected chi connectivity index (χ3v) is 5.98. The smallest absolute Gasteiger partial charge is 0.303 e. The number of carboxylic acid groups (broad SMARTS) is 1. The van der Waals surface area contributed by atoms with Crippen molar-refractivity contribution in [3.05, 3.63) is 23.8 Å². The first kappa shape index (κ1) is 20.7. The lowest BCUT2D eigenvalue weighted by atomic mass is 9.86. The quantitative estimate of drug-likeness (QED) is 0.333. The molecule has 0 amide bonds. The molecule has 0 aromatic rings. The molecule has 0 aromatic carbocycles. The van der Waals surface area contributed by atoms with E-state index in [1.807, 2.05) is 0 Å². The molecule has 0 bridgehead atoms. The molecule has 0 saturated heterocycles. The van der Waals surface area contributed by atoms with E-state index in [0.717, 1.165) is 37.7 Å². The highest BCUT2D eigenvalue weighted by Crippen LogP contribution is 2.51. The minimum Gasteiger partial charge on any atom is -0.481 e. The lowest BCUT2D eigenvalue weighted by Gasteiger charge is -2.23. The molecule has 26 heavy (non-hydrogen) atoms. The van der Waals surface area contributed by atoms with E-state index in [1.54, 1.807) is 6.92 Å². The maximum absolute atomic E-state index is 10.6. The highest BCUT2D eigenvalue weighted by atomic mass is 16.4. The summed E-state index contributed by atoms with van der Waals surface area (Å²) in [5.74, 6) is 6.29. The first-order valence-electron chi connectivity index (χ1n) is 9.75. The average molecular weight is 360 g/mol. The normalized spacial score (nSPS) is 29.9. The zero-order chi connectivity index (χ0) is 19.1. The summed E-state index contributed by atoms with van der Waals surface area (Å²) in [6.07, 6.45) is 8.00. The van der Waals surface area contributed by atoms with Crippen molar-refractivity contribution < 1.29 is 20.1 Å². The van der Waals surface area contributed by atoms with Gasteiger partial charge in [0, 0.05) is 12.8 Å². The Morgan fingerprint density at radius 3 is 2.88 bits per heavy atom. The van der Waals surface area contributed by atoms with Crippen molar-refractivity contribution >= 4 is 5.97 Å². The number of hydrogen-bond donors (Lipinski definition) is 3. The zero-order valence-corrected chi connectivity index (χ0v) is 15.8. The van der Waals surface area contributed by atoms with E-state index < -0.39 is 12.1 Å². The van der Waals surface area contributed by atoms with Crippen molar-refractivity contribution in [3.8, 4) is 11.8 Å². The van der Waals surface area contributed by atoms with Crippen LogP contribution in [-0.4, -0.2) is 33.5 Å². The van der Waals surface area contributed by atoms with Gasteiger partial charge in [-0.25, -0.2) is 0 Å². The number of rotatable bonds is 9. The molecule has 2 aliphatic carbocycles. The zero-order valence-electron chi connectivity index (χ0n) is 15.8. The second-order valence-electron chi connectivity index (χ2n) is 7.80. The maximum Gasteiger partial charge on any atom is 0.303 e. The summed E-state index contributed by atoms with van der Waals surface area (Å²) in [6, 6.07) is 0. The number of carboxylic acids is 1. The van der Waals surface area contributed by atoms with E-state index in [2.05, 4.69) is 24.5 Å². The summed E-state index contributed by atoms with van der Waals surface area (Å²) in [5, 5.41) is 29.4. The fourth-order valence-corrected chi connectivity index (χ4v) is 4.58. The number of aliphatic carboxylic acids is 1. The minimum absolute atomic E-state index is 0.224. The van der Waals surface area contributed by atoms with Gasteiger partial charge in [-0.15, -0.1) is 5.92 Å². The lowest BCUT2D eigenvalue weighted by molar-refractivity contribution is -0.137. The predicted molar refractivity (Wildman–Crippen MR) is 102 cm³/mol. The largest absolute Gasteiger partial charge is 0.481 e. The molecule has 0 aliphatic heterocycles. The minimum atomic E-state index is -0.736. The molecule has 2 rings (SSSR count). The van der Waals surface area contributed by atoms with Crippen LogP contribution in [0.4, 0.5) is 0 Å². The molecule has 0 aromatic heterocycles. The molecule has 144 valence electrons. The number of hydrogen-bond acceptors (Lipinski definition) is 3. The molecule has 0 spiro atoms. The Balaban J connectivity index is 1.82. The fourth-order valence-electron chi connectivity index (χ4n) is 4.58. The van der Waals surface area contributed by atoms with Crippen LogP contribution in [0.2, 0.25) is 0 Å². The van der Waals surface area contributed by atoms with Crippen molar-refractivity contribution in [2.24, 2.45) is 17.8 Å². The summed E-state index contributed by atoms with van der Waals surface area (Å²) in [7, 11) is 0. The molecule has 2 saturated carbocycles. The number of unbranched alkanes of at least 4 members (excludes halogenated alkanes) is 1. The molecule has 5 atom stereocenters. The lowest BCUT2D eigenvalue weighted by Crippen LogP contribution is -2.21. The van der Waals surface area contributed by atoms with Crippen molar-refractivity contribution in [2.45, 2.75) is 76.9 Å². The van der Waals surface area contributed by atoms with E-state index in [9.17, 15) is 15.0 Å². The van der Waals surface area contributed by atoms with E-state index in [1.165, 1.54) is 5.57 Å². The summed E-state index contributed by atoms with van der Waals surface area (Å²) in [5.41, 5.74) is 2.18. The molecular weight excluding hydrogens is 328 g/mol. The van der Waals surface area contributed by atoms with Crippen molar-refractivity contribution in [1.82, 2.24) is 0 Å². The molecular formula is C22H32O4. The van der Waals surface area contributed by atoms with Crippen LogP contribution in [0.1, 0.15) is 64.7 Å². The van der Waals surface area contributed by atoms with Crippen LogP contribution in [0.25, 0.3) is 0 Å². The Bertz CT molecular complexity index is 595. The van der Waals surface area contributed by atoms with Crippen LogP contribution in [0.3, 0.4) is 0 Å². The second kappa shape index (κ2) is 9.94. The number of aliphatic hydroxyl groups is 2. The molecule has 0 radical (unpaired) electrons. The second-order valence-corrected chi connectivity index (χ2v) is 7.80. The summed E-state index contributed by atoms with van der Waals surface area (Å²) >= 11 is 0. The standard InChI is InChI=1S/C22H32O4/c1-3-4-7-15(2)20(23)11-10-18-19-13-16(8-5-6-9-22(25)26)12-17(19)14-21(18)24/h8,17-21,23-24H,2,5-7,9-14H2,1H3,(H,25,26)/b16-8+. The average Bonchev–Trinajstić information content (AvgIpc) is 3.10. The van der Waals surface area contributed by atoms with Gasteiger partial charge >= 0.3 is 5.97 Å². The third-order valence-electron chi connectivity index (χ3n) is 5.98. The fraction of sp³-hybridized carbons (Fsp3) is 0.682. The van der Waals surface area contributed by atoms with Crippen LogP contribution in [0, 0.1) is 29.6 Å². The SMILES string of the molecule is C=C(CC#CC)C(O)CCC1C(O)CC2C/C(=C\CCCC(=O)O)CC21. The van der Waals surface area contributed by atoms with Gasteiger partial charge in [-0.2, -0.15) is 0 Å². The van der Waals surface area contributed by atoms with Gasteiger partial charge in [0.1, 0.15) is 0 Å². The van der Waals surface area contributed by atoms with Crippen molar-refractivity contribution in [2.75, 3.05) is 0 Å². The van der Waals surface area contributed by atoms with Crippen molar-refractivity contribution in [1.29, 1.82) is 0 Å². The number of aliphatic hydroxyl groups excluding tert-OH is 2. The first-order valence-corrected chi connectivity index (χ1v) is 9.75. The van der Waals surface area contributed by atoms with Crippen LogP contribution >= 0.6 is 0 Å². The van der Waals surface area contributed by atoms with Gasteiger partial charge in [-0.3, -0.25) is 4.79 Å². The van der Waals surface area contributed by atoms with Gasteiger partial charge in [0.2, 0.25) is 0 Å². The molecule has 5 unspecified atom stereocenters. The van der Waals surface area contributed by atoms with Crippen molar-refractivity contribution in [3.63, 3.8) is 0 Å². The van der Waals surface area contributed by atoms with E-state index in [4.69, 9.17) is 5.11 Å². The van der Waals surface area contributed by atoms with Crippen LogP contribution in [0.5, 0.6) is 0 Å². The number of allylic oxidation sites excluding steroid dienone is 2. The highest BCUT2D eigenvalue weighted by molar-refractivity contribution is 5.66. The van der Waals surface area contributed by atoms with Gasteiger partial charge < -0.3 is 15.3 Å². The molecule has 4 nitrogen and oxygen atoms in total. The molecule has 3 N–H and O–H groups in total. The van der Waals surface area contributed by atoms with Gasteiger partial charge in [-0.1, -0.05) is 24.1 Å². The number of fused-ring (bicyclic) bond motifs is 1. The van der Waals surface area contributed by atoms with Gasteiger partial charge in [0.15, 0.2) is 0 Å². The molecule has 4 heteroatoms. The molecule has 0 heterocycles. The highest BCUT2D eigenvalue weighted by Gasteiger charge is 2.45. The van der Waals surface area contributed by atoms with Crippen LogP contribution in [0.15, 0.2) is 23.8 Å². The molecule has 2 aliphatic rings. The Hall–Kier alpha value is -1.57. The Labute approximate surface area is 157 Å². The Morgan fingerprint density at radius 1 is 1.42 bits per heavy atom. The van der Waals surface area contributed by atoms with E-state index >= 15 is 0 Å². The van der Waals surface area contributed by atoms with Gasteiger partial charge in [0.05, 0.1) is 12.2 Å². The Kier molecular flexibility index (Phi) is 7.93. The Morgan fingerprint density at radius 2 is 2.19 bits per heavy atom. The van der Waals surface area contributed by atoms with Crippen LogP contribution in [-0.2, 0) is 4.79 Å². The first-order chi connectivity index (χ1) is 12.4. The predicted octanol–water partition coefficient (Wildman–Crippen LogP) is 3.69. The van der Waals surface area contributed by atoms with Gasteiger partial charge in [-0.05, 0) is 75.2 Å². The topological polar surface area (TPSA) is 77.8 Å². The molecule has 2 fully saturated rings. The van der Waals surface area contributed by atoms with Crippen LogP contribution < -0.4 is 0 Å². The summed E-state index contributed by atoms with van der Waals surface area (Å²) in [6.45, 7) is 5.70. The van der Waals surface area contributed by atoms with E-state index in [0.29, 0.717) is 31.1 Å². The summed E-state index contributed by atoms with van der Waals surface area (Å²) < 4.78 is 0. The van der Waals surface area contributed by atoms with Gasteiger partial charge in [0.25, 0.3) is 0 Å². The maximum atomic E-state index is 10.6. The van der Waals surface area contributed by atoms with E-state index in [-0.39, 0.29) is 18.4 Å². The third kappa shape index (κ3) is 5.72. The summed E-state index contributed by atoms with van der Waals surface area (Å²) in [4.78, 5) is 10.6. The monoisotopic (exact) mass is 360 g/mol.